The van der Waals surface area contributed by atoms with E-state index in [1.807, 2.05) is 0 Å². The van der Waals surface area contributed by atoms with Crippen molar-refractivity contribution in [2.75, 3.05) is 6.61 Å². The first-order chi connectivity index (χ1) is 5.24. The third-order valence-corrected chi connectivity index (χ3v) is 2.76. The smallest absolute Gasteiger partial charge is 0.134 e. The minimum Gasteiger partial charge on any atom is -0.362 e. The molecule has 0 spiro atoms. The van der Waals surface area contributed by atoms with Gasteiger partial charge in [0.1, 0.15) is 5.56 Å². The Morgan fingerprint density at radius 3 is 2.91 bits per heavy atom. The molecule has 0 bridgehead atoms. The summed E-state index contributed by atoms with van der Waals surface area (Å²) < 4.78 is 5.42. The predicted molar refractivity (Wildman–Crippen MR) is 47.8 cm³/mol. The molecule has 1 heterocycles. The van der Waals surface area contributed by atoms with Gasteiger partial charge in [0.2, 0.25) is 0 Å². The molecule has 0 radical (unpaired) electrons. The summed E-state index contributed by atoms with van der Waals surface area (Å²) >= 11 is 6.00. The van der Waals surface area contributed by atoms with E-state index in [0.717, 1.165) is 6.61 Å². The van der Waals surface area contributed by atoms with E-state index in [1.54, 1.807) is 0 Å². The van der Waals surface area contributed by atoms with Crippen molar-refractivity contribution in [3.63, 3.8) is 0 Å². The van der Waals surface area contributed by atoms with E-state index >= 15 is 0 Å². The zero-order chi connectivity index (χ0) is 8.27. The minimum absolute atomic E-state index is 0.0221. The van der Waals surface area contributed by atoms with Gasteiger partial charge in [0.15, 0.2) is 0 Å². The van der Waals surface area contributed by atoms with Crippen LogP contribution in [0.4, 0.5) is 0 Å². The summed E-state index contributed by atoms with van der Waals surface area (Å²) in [6.07, 6.45) is 3.66. The predicted octanol–water partition coefficient (Wildman–Crippen LogP) is 3.02. The number of hydrogen-bond acceptors (Lipinski definition) is 1. The van der Waals surface area contributed by atoms with Crippen LogP contribution < -0.4 is 0 Å². The molecule has 0 saturated carbocycles. The molecule has 66 valence electrons. The number of halogens is 1. The van der Waals surface area contributed by atoms with E-state index in [4.69, 9.17) is 16.3 Å². The van der Waals surface area contributed by atoms with Crippen LogP contribution in [-0.2, 0) is 4.74 Å². The van der Waals surface area contributed by atoms with Crippen molar-refractivity contribution < 1.29 is 4.74 Å². The molecule has 1 nitrogen and oxygen atoms in total. The van der Waals surface area contributed by atoms with E-state index in [2.05, 4.69) is 13.8 Å². The van der Waals surface area contributed by atoms with E-state index in [0.29, 0.717) is 11.8 Å². The first-order valence-corrected chi connectivity index (χ1v) is 4.93. The van der Waals surface area contributed by atoms with Gasteiger partial charge in [-0.1, -0.05) is 31.9 Å². The molecule has 1 fully saturated rings. The quantitative estimate of drug-likeness (QED) is 0.588. The van der Waals surface area contributed by atoms with Gasteiger partial charge in [0, 0.05) is 0 Å². The summed E-state index contributed by atoms with van der Waals surface area (Å²) in [5, 5.41) is 0. The number of ether oxygens (including phenoxy) is 1. The largest absolute Gasteiger partial charge is 0.362 e. The molecule has 1 rings (SSSR count). The maximum absolute atomic E-state index is 6.00. The van der Waals surface area contributed by atoms with Crippen molar-refractivity contribution >= 4 is 11.6 Å². The van der Waals surface area contributed by atoms with E-state index in [9.17, 15) is 0 Å². The van der Waals surface area contributed by atoms with Crippen LogP contribution in [0.1, 0.15) is 33.1 Å². The second-order valence-corrected chi connectivity index (χ2v) is 4.00. The lowest BCUT2D eigenvalue weighted by atomic mass is 9.91. The summed E-state index contributed by atoms with van der Waals surface area (Å²) in [6, 6.07) is 0. The highest BCUT2D eigenvalue weighted by molar-refractivity contribution is 6.19. The molecular formula is C9H17ClO. The normalized spacial score (nSPS) is 39.0. The lowest BCUT2D eigenvalue weighted by Crippen LogP contribution is -2.29. The summed E-state index contributed by atoms with van der Waals surface area (Å²) in [4.78, 5) is 0. The maximum atomic E-state index is 6.00. The summed E-state index contributed by atoms with van der Waals surface area (Å²) in [5.74, 6) is 1.28. The summed E-state index contributed by atoms with van der Waals surface area (Å²) in [6.45, 7) is 5.27. The SMILES string of the molecule is CCCC1CC(C)COC1Cl. The molecule has 0 amide bonds. The van der Waals surface area contributed by atoms with Gasteiger partial charge in [-0.25, -0.2) is 0 Å². The van der Waals surface area contributed by atoms with Gasteiger partial charge >= 0.3 is 0 Å². The van der Waals surface area contributed by atoms with Crippen molar-refractivity contribution in [1.29, 1.82) is 0 Å². The fraction of sp³-hybridized carbons (Fsp3) is 1.00. The van der Waals surface area contributed by atoms with Crippen molar-refractivity contribution in [3.8, 4) is 0 Å². The fourth-order valence-electron chi connectivity index (χ4n) is 1.70. The minimum atomic E-state index is -0.0221. The lowest BCUT2D eigenvalue weighted by molar-refractivity contribution is -0.00846. The van der Waals surface area contributed by atoms with Crippen molar-refractivity contribution in [2.45, 2.75) is 38.7 Å². The molecule has 0 aromatic carbocycles. The van der Waals surface area contributed by atoms with E-state index in [-0.39, 0.29) is 5.56 Å². The fourth-order valence-corrected chi connectivity index (χ4v) is 2.01. The van der Waals surface area contributed by atoms with Gasteiger partial charge < -0.3 is 4.74 Å². The summed E-state index contributed by atoms with van der Waals surface area (Å²) in [7, 11) is 0. The average Bonchev–Trinajstić information content (AvgIpc) is 1.98. The monoisotopic (exact) mass is 176 g/mol. The Morgan fingerprint density at radius 1 is 1.55 bits per heavy atom. The standard InChI is InChI=1S/C9H17ClO/c1-3-4-8-5-7(2)6-11-9(8)10/h7-9H,3-6H2,1-2H3. The molecule has 0 N–H and O–H groups in total. The van der Waals surface area contributed by atoms with Gasteiger partial charge in [-0.3, -0.25) is 0 Å². The molecule has 2 heteroatoms. The highest BCUT2D eigenvalue weighted by atomic mass is 35.5. The van der Waals surface area contributed by atoms with Gasteiger partial charge in [-0.05, 0) is 24.7 Å². The molecule has 11 heavy (non-hydrogen) atoms. The van der Waals surface area contributed by atoms with Gasteiger partial charge in [0.25, 0.3) is 0 Å². The molecular weight excluding hydrogens is 160 g/mol. The maximum Gasteiger partial charge on any atom is 0.134 e. The van der Waals surface area contributed by atoms with Crippen LogP contribution in [-0.4, -0.2) is 12.2 Å². The van der Waals surface area contributed by atoms with Crippen molar-refractivity contribution in [1.82, 2.24) is 0 Å². The third kappa shape index (κ3) is 2.64. The van der Waals surface area contributed by atoms with Crippen LogP contribution >= 0.6 is 11.6 Å². The average molecular weight is 177 g/mol. The van der Waals surface area contributed by atoms with Crippen LogP contribution in [0.5, 0.6) is 0 Å². The molecule has 0 aromatic rings. The Balaban J connectivity index is 2.34. The molecule has 0 aliphatic carbocycles. The number of hydrogen-bond donors (Lipinski definition) is 0. The number of rotatable bonds is 2. The topological polar surface area (TPSA) is 9.23 Å². The van der Waals surface area contributed by atoms with Gasteiger partial charge in [-0.2, -0.15) is 0 Å². The Morgan fingerprint density at radius 2 is 2.27 bits per heavy atom. The van der Waals surface area contributed by atoms with E-state index in [1.165, 1.54) is 19.3 Å². The molecule has 3 unspecified atom stereocenters. The highest BCUT2D eigenvalue weighted by Gasteiger charge is 2.26. The van der Waals surface area contributed by atoms with E-state index < -0.39 is 0 Å². The molecule has 0 aromatic heterocycles. The van der Waals surface area contributed by atoms with Crippen LogP contribution in [0.3, 0.4) is 0 Å². The Labute approximate surface area is 74.1 Å². The lowest BCUT2D eigenvalue weighted by Gasteiger charge is -2.31. The third-order valence-electron chi connectivity index (χ3n) is 2.28. The number of alkyl halides is 1. The van der Waals surface area contributed by atoms with Crippen LogP contribution in [0, 0.1) is 11.8 Å². The van der Waals surface area contributed by atoms with Gasteiger partial charge in [-0.15, -0.1) is 0 Å². The molecule has 1 aliphatic rings. The Hall–Kier alpha value is 0.250. The Kier molecular flexibility index (Phi) is 3.67. The summed E-state index contributed by atoms with van der Waals surface area (Å²) in [5.41, 5.74) is -0.0221. The zero-order valence-electron chi connectivity index (χ0n) is 7.35. The first-order valence-electron chi connectivity index (χ1n) is 4.49. The van der Waals surface area contributed by atoms with Crippen LogP contribution in [0.2, 0.25) is 0 Å². The highest BCUT2D eigenvalue weighted by Crippen LogP contribution is 2.30. The zero-order valence-corrected chi connectivity index (χ0v) is 8.10. The van der Waals surface area contributed by atoms with Gasteiger partial charge in [0.05, 0.1) is 6.61 Å². The molecule has 1 saturated heterocycles. The Bertz CT molecular complexity index is 116. The van der Waals surface area contributed by atoms with Crippen molar-refractivity contribution in [2.24, 2.45) is 11.8 Å². The van der Waals surface area contributed by atoms with Crippen molar-refractivity contribution in [3.05, 3.63) is 0 Å². The molecule has 3 atom stereocenters. The molecule has 1 aliphatic heterocycles. The second kappa shape index (κ2) is 4.32. The first kappa shape index (κ1) is 9.34. The second-order valence-electron chi connectivity index (χ2n) is 3.57. The van der Waals surface area contributed by atoms with Crippen LogP contribution in [0.25, 0.3) is 0 Å². The van der Waals surface area contributed by atoms with Crippen LogP contribution in [0.15, 0.2) is 0 Å².